The van der Waals surface area contributed by atoms with Crippen molar-refractivity contribution in [2.75, 3.05) is 0 Å². The first-order chi connectivity index (χ1) is 9.33. The zero-order valence-corrected chi connectivity index (χ0v) is 11.9. The zero-order chi connectivity index (χ0) is 13.5. The van der Waals surface area contributed by atoms with E-state index in [4.69, 9.17) is 0 Å². The molecule has 2 rings (SSSR count). The Morgan fingerprint density at radius 3 is 2.58 bits per heavy atom. The lowest BCUT2D eigenvalue weighted by Gasteiger charge is -2.18. The Bertz CT molecular complexity index is 430. The highest BCUT2D eigenvalue weighted by atomic mass is 16.1. The Kier molecular flexibility index (Phi) is 5.38. The molecule has 0 spiro atoms. The summed E-state index contributed by atoms with van der Waals surface area (Å²) in [6, 6.07) is 10.2. The number of carbonyl (C=O) groups is 1. The predicted molar refractivity (Wildman–Crippen MR) is 80.3 cm³/mol. The molecule has 1 heteroatoms. The minimum atomic E-state index is 0.0480. The van der Waals surface area contributed by atoms with Crippen LogP contribution in [0, 0.1) is 0 Å². The van der Waals surface area contributed by atoms with Crippen molar-refractivity contribution in [1.29, 1.82) is 0 Å². The summed E-state index contributed by atoms with van der Waals surface area (Å²) in [6.45, 7) is 2.11. The highest BCUT2D eigenvalue weighted by Crippen LogP contribution is 2.27. The highest BCUT2D eigenvalue weighted by molar-refractivity contribution is 6.00. The van der Waals surface area contributed by atoms with Crippen molar-refractivity contribution in [3.05, 3.63) is 47.5 Å². The first-order valence-electron chi connectivity index (χ1n) is 7.61. The van der Waals surface area contributed by atoms with Crippen LogP contribution in [0.15, 0.2) is 42.0 Å². The molecule has 0 aromatic heterocycles. The van der Waals surface area contributed by atoms with Gasteiger partial charge in [0, 0.05) is 5.92 Å². The van der Waals surface area contributed by atoms with Gasteiger partial charge >= 0.3 is 0 Å². The summed E-state index contributed by atoms with van der Waals surface area (Å²) in [7, 11) is 0. The van der Waals surface area contributed by atoms with Gasteiger partial charge in [-0.05, 0) is 43.2 Å². The number of Topliss-reactive ketones (excluding diaryl/α,β-unsaturated/α-hetero) is 1. The van der Waals surface area contributed by atoms with Gasteiger partial charge in [0.05, 0.1) is 0 Å². The smallest absolute Gasteiger partial charge is 0.165 e. The second kappa shape index (κ2) is 7.28. The monoisotopic (exact) mass is 256 g/mol. The molecule has 1 unspecified atom stereocenters. The lowest BCUT2D eigenvalue weighted by atomic mass is 9.85. The summed E-state index contributed by atoms with van der Waals surface area (Å²) in [6.07, 6.45) is 10.1. The molecule has 102 valence electrons. The van der Waals surface area contributed by atoms with Gasteiger partial charge in [0.2, 0.25) is 0 Å². The lowest BCUT2D eigenvalue weighted by Crippen LogP contribution is -2.15. The van der Waals surface area contributed by atoms with Crippen molar-refractivity contribution in [3.63, 3.8) is 0 Å². The van der Waals surface area contributed by atoms with E-state index in [0.717, 1.165) is 30.4 Å². The molecule has 1 aliphatic rings. The van der Waals surface area contributed by atoms with E-state index < -0.39 is 0 Å². The van der Waals surface area contributed by atoms with Crippen LogP contribution in [0.25, 0.3) is 0 Å². The van der Waals surface area contributed by atoms with E-state index in [1.165, 1.54) is 25.7 Å². The Morgan fingerprint density at radius 1 is 1.11 bits per heavy atom. The number of hydrogen-bond donors (Lipinski definition) is 0. The molecule has 0 amide bonds. The fourth-order valence-corrected chi connectivity index (χ4v) is 2.90. The summed E-state index contributed by atoms with van der Waals surface area (Å²) in [5, 5.41) is 0. The van der Waals surface area contributed by atoms with Gasteiger partial charge < -0.3 is 0 Å². The molecule has 0 fully saturated rings. The van der Waals surface area contributed by atoms with Crippen LogP contribution in [0.4, 0.5) is 0 Å². The normalized spacial score (nSPS) is 20.8. The Morgan fingerprint density at radius 2 is 1.84 bits per heavy atom. The maximum atomic E-state index is 12.7. The summed E-state index contributed by atoms with van der Waals surface area (Å²) >= 11 is 0. The quantitative estimate of drug-likeness (QED) is 0.738. The van der Waals surface area contributed by atoms with Gasteiger partial charge in [-0.25, -0.2) is 0 Å². The van der Waals surface area contributed by atoms with E-state index in [9.17, 15) is 4.79 Å². The minimum Gasteiger partial charge on any atom is -0.294 e. The Labute approximate surface area is 116 Å². The average Bonchev–Trinajstić information content (AvgIpc) is 2.40. The zero-order valence-electron chi connectivity index (χ0n) is 11.9. The lowest BCUT2D eigenvalue weighted by molar-refractivity contribution is -0.117. The first-order valence-corrected chi connectivity index (χ1v) is 7.61. The Balaban J connectivity index is 2.16. The first kappa shape index (κ1) is 14.0. The second-order valence-electron chi connectivity index (χ2n) is 5.42. The van der Waals surface area contributed by atoms with Crippen LogP contribution >= 0.6 is 0 Å². The van der Waals surface area contributed by atoms with E-state index in [1.54, 1.807) is 0 Å². The molecule has 0 saturated carbocycles. The standard InChI is InChI=1S/C18H24O/c1-2-17(15-11-9-6-10-12-15)18(19)16-13-7-4-3-5-8-14-16/h6,9-13,17H,2-5,7-8,14H2,1H3/b16-13+. The van der Waals surface area contributed by atoms with Crippen molar-refractivity contribution >= 4 is 5.78 Å². The van der Waals surface area contributed by atoms with Crippen LogP contribution in [0.2, 0.25) is 0 Å². The molecule has 1 nitrogen and oxygen atoms in total. The van der Waals surface area contributed by atoms with Gasteiger partial charge in [0.1, 0.15) is 0 Å². The van der Waals surface area contributed by atoms with Crippen LogP contribution in [0.3, 0.4) is 0 Å². The van der Waals surface area contributed by atoms with E-state index in [1.807, 2.05) is 18.2 Å². The molecule has 1 aliphatic carbocycles. The molecule has 0 heterocycles. The number of ketones is 1. The maximum absolute atomic E-state index is 12.7. The van der Waals surface area contributed by atoms with Crippen LogP contribution in [-0.4, -0.2) is 5.78 Å². The predicted octanol–water partition coefficient (Wildman–Crippen LogP) is 5.03. The fourth-order valence-electron chi connectivity index (χ4n) is 2.90. The molecule has 0 bridgehead atoms. The SMILES string of the molecule is CCC(C(=O)/C1=C/CCCCCC1)c1ccccc1. The topological polar surface area (TPSA) is 17.1 Å². The van der Waals surface area contributed by atoms with E-state index >= 15 is 0 Å². The van der Waals surface area contributed by atoms with Crippen LogP contribution in [0.1, 0.15) is 63.4 Å². The maximum Gasteiger partial charge on any atom is 0.165 e. The van der Waals surface area contributed by atoms with Gasteiger partial charge in [0.15, 0.2) is 5.78 Å². The third-order valence-electron chi connectivity index (χ3n) is 4.03. The third kappa shape index (κ3) is 3.79. The summed E-state index contributed by atoms with van der Waals surface area (Å²) in [4.78, 5) is 12.7. The molecule has 1 aromatic rings. The number of hydrogen-bond acceptors (Lipinski definition) is 1. The van der Waals surface area contributed by atoms with Crippen LogP contribution in [-0.2, 0) is 4.79 Å². The average molecular weight is 256 g/mol. The van der Waals surface area contributed by atoms with E-state index in [2.05, 4.69) is 25.1 Å². The molecule has 0 aliphatic heterocycles. The van der Waals surface area contributed by atoms with Gasteiger partial charge in [-0.3, -0.25) is 4.79 Å². The van der Waals surface area contributed by atoms with Crippen LogP contribution in [0.5, 0.6) is 0 Å². The molecule has 1 aromatic carbocycles. The minimum absolute atomic E-state index is 0.0480. The fraction of sp³-hybridized carbons (Fsp3) is 0.500. The molecule has 1 atom stereocenters. The van der Waals surface area contributed by atoms with Gasteiger partial charge in [-0.2, -0.15) is 0 Å². The van der Waals surface area contributed by atoms with Crippen molar-refractivity contribution in [2.45, 2.75) is 57.8 Å². The van der Waals surface area contributed by atoms with Gasteiger partial charge in [-0.1, -0.05) is 56.2 Å². The molecule has 0 N–H and O–H groups in total. The number of carbonyl (C=O) groups excluding carboxylic acids is 1. The van der Waals surface area contributed by atoms with Crippen molar-refractivity contribution < 1.29 is 4.79 Å². The highest BCUT2D eigenvalue weighted by Gasteiger charge is 2.21. The van der Waals surface area contributed by atoms with Crippen molar-refractivity contribution in [1.82, 2.24) is 0 Å². The second-order valence-corrected chi connectivity index (χ2v) is 5.42. The molecule has 0 saturated heterocycles. The number of allylic oxidation sites excluding steroid dienone is 2. The summed E-state index contributed by atoms with van der Waals surface area (Å²) in [5.41, 5.74) is 2.24. The molecule has 0 radical (unpaired) electrons. The Hall–Kier alpha value is -1.37. The largest absolute Gasteiger partial charge is 0.294 e. The molecular formula is C18H24O. The van der Waals surface area contributed by atoms with Gasteiger partial charge in [-0.15, -0.1) is 0 Å². The van der Waals surface area contributed by atoms with Gasteiger partial charge in [0.25, 0.3) is 0 Å². The third-order valence-corrected chi connectivity index (χ3v) is 4.03. The summed E-state index contributed by atoms with van der Waals surface area (Å²) < 4.78 is 0. The van der Waals surface area contributed by atoms with Crippen molar-refractivity contribution in [3.8, 4) is 0 Å². The van der Waals surface area contributed by atoms with E-state index in [0.29, 0.717) is 5.78 Å². The molecule has 19 heavy (non-hydrogen) atoms. The number of rotatable bonds is 4. The molecular weight excluding hydrogens is 232 g/mol. The van der Waals surface area contributed by atoms with Crippen molar-refractivity contribution in [2.24, 2.45) is 0 Å². The van der Waals surface area contributed by atoms with E-state index in [-0.39, 0.29) is 5.92 Å². The number of benzene rings is 1. The summed E-state index contributed by atoms with van der Waals surface area (Å²) in [5.74, 6) is 0.405. The van der Waals surface area contributed by atoms with Crippen LogP contribution < -0.4 is 0 Å².